The largest absolute Gasteiger partial charge is 0.341 e. The minimum atomic E-state index is 0.0602. The summed E-state index contributed by atoms with van der Waals surface area (Å²) in [6.45, 7) is 1.63. The molecule has 5 nitrogen and oxygen atoms in total. The first-order valence-electron chi connectivity index (χ1n) is 8.90. The lowest BCUT2D eigenvalue weighted by molar-refractivity contribution is 0.0754. The number of hydrogen-bond donors (Lipinski definition) is 1. The average molecular weight is 334 g/mol. The van der Waals surface area contributed by atoms with Crippen molar-refractivity contribution in [2.75, 3.05) is 13.1 Å². The number of nitrogens with one attached hydrogen (secondary N) is 1. The van der Waals surface area contributed by atoms with Crippen molar-refractivity contribution in [1.82, 2.24) is 19.9 Å². The standard InChI is InChI=1S/C20H22N4O/c25-20(19-13-22-14-23-19)24-8-3-4-15(7-9-24)10-17-12-21-11-16-5-1-2-6-18(16)17/h1-2,5-6,11-15H,3-4,7-10H2,(H,22,23). The molecule has 0 aliphatic carbocycles. The van der Waals surface area contributed by atoms with E-state index in [1.54, 1.807) is 12.5 Å². The SMILES string of the molecule is O=C(c1cnc[nH]1)N1CCCC(Cc2cncc3ccccc23)CC1. The highest BCUT2D eigenvalue weighted by Crippen LogP contribution is 2.26. The number of aromatic amines is 1. The van der Waals surface area contributed by atoms with Gasteiger partial charge in [0.1, 0.15) is 5.69 Å². The monoisotopic (exact) mass is 334 g/mol. The number of benzene rings is 1. The van der Waals surface area contributed by atoms with Crippen molar-refractivity contribution in [2.24, 2.45) is 5.92 Å². The van der Waals surface area contributed by atoms with E-state index in [0.29, 0.717) is 11.6 Å². The van der Waals surface area contributed by atoms with E-state index in [-0.39, 0.29) is 5.91 Å². The summed E-state index contributed by atoms with van der Waals surface area (Å²) in [5.74, 6) is 0.650. The number of pyridine rings is 1. The maximum Gasteiger partial charge on any atom is 0.271 e. The number of carbonyl (C=O) groups excluding carboxylic acids is 1. The molecule has 1 aliphatic rings. The molecule has 1 fully saturated rings. The summed E-state index contributed by atoms with van der Waals surface area (Å²) >= 11 is 0. The molecular formula is C20H22N4O. The molecule has 25 heavy (non-hydrogen) atoms. The van der Waals surface area contributed by atoms with Crippen molar-refractivity contribution in [2.45, 2.75) is 25.7 Å². The molecule has 0 bridgehead atoms. The number of hydrogen-bond acceptors (Lipinski definition) is 3. The van der Waals surface area contributed by atoms with Gasteiger partial charge in [-0.3, -0.25) is 9.78 Å². The Hall–Kier alpha value is -2.69. The van der Waals surface area contributed by atoms with Gasteiger partial charge in [0.05, 0.1) is 12.5 Å². The molecule has 2 aromatic heterocycles. The summed E-state index contributed by atoms with van der Waals surface area (Å²) in [6, 6.07) is 8.43. The summed E-state index contributed by atoms with van der Waals surface area (Å²) in [5.41, 5.74) is 1.90. The molecule has 3 heterocycles. The van der Waals surface area contributed by atoms with E-state index < -0.39 is 0 Å². The van der Waals surface area contributed by atoms with E-state index in [1.165, 1.54) is 16.3 Å². The van der Waals surface area contributed by atoms with Crippen LogP contribution >= 0.6 is 0 Å². The van der Waals surface area contributed by atoms with Crippen molar-refractivity contribution >= 4 is 16.7 Å². The van der Waals surface area contributed by atoms with Crippen LogP contribution in [0, 0.1) is 5.92 Å². The first-order valence-corrected chi connectivity index (χ1v) is 8.90. The van der Waals surface area contributed by atoms with E-state index >= 15 is 0 Å². The predicted octanol–water partition coefficient (Wildman–Crippen LogP) is 3.44. The van der Waals surface area contributed by atoms with Gasteiger partial charge in [0.15, 0.2) is 0 Å². The molecule has 0 radical (unpaired) electrons. The van der Waals surface area contributed by atoms with Crippen molar-refractivity contribution in [3.05, 3.63) is 60.4 Å². The summed E-state index contributed by atoms with van der Waals surface area (Å²) in [4.78, 5) is 25.7. The summed E-state index contributed by atoms with van der Waals surface area (Å²) in [6.07, 6.45) is 11.3. The number of rotatable bonds is 3. The molecule has 1 aliphatic heterocycles. The lowest BCUT2D eigenvalue weighted by Crippen LogP contribution is -2.32. The fraction of sp³-hybridized carbons (Fsp3) is 0.350. The third kappa shape index (κ3) is 3.40. The zero-order valence-corrected chi connectivity index (χ0v) is 14.2. The fourth-order valence-electron chi connectivity index (χ4n) is 3.77. The van der Waals surface area contributed by atoms with Crippen molar-refractivity contribution in [3.8, 4) is 0 Å². The van der Waals surface area contributed by atoms with E-state index in [2.05, 4.69) is 39.2 Å². The van der Waals surface area contributed by atoms with Crippen LogP contribution in [0.2, 0.25) is 0 Å². The minimum absolute atomic E-state index is 0.0602. The number of H-pyrrole nitrogens is 1. The van der Waals surface area contributed by atoms with Gasteiger partial charge in [-0.05, 0) is 42.6 Å². The van der Waals surface area contributed by atoms with Gasteiger partial charge in [0.25, 0.3) is 5.91 Å². The number of carbonyl (C=O) groups is 1. The molecule has 1 amide bonds. The lowest BCUT2D eigenvalue weighted by atomic mass is 9.91. The Morgan fingerprint density at radius 2 is 2.04 bits per heavy atom. The van der Waals surface area contributed by atoms with Gasteiger partial charge in [-0.25, -0.2) is 4.98 Å². The van der Waals surface area contributed by atoms with Crippen LogP contribution in [0.15, 0.2) is 49.2 Å². The van der Waals surface area contributed by atoms with E-state index in [0.717, 1.165) is 38.8 Å². The second-order valence-corrected chi connectivity index (χ2v) is 6.78. The van der Waals surface area contributed by atoms with Crippen LogP contribution < -0.4 is 0 Å². The van der Waals surface area contributed by atoms with Crippen LogP contribution in [0.3, 0.4) is 0 Å². The van der Waals surface area contributed by atoms with E-state index in [4.69, 9.17) is 0 Å². The zero-order chi connectivity index (χ0) is 17.1. The van der Waals surface area contributed by atoms with Gasteiger partial charge in [-0.1, -0.05) is 24.3 Å². The molecule has 0 spiro atoms. The summed E-state index contributed by atoms with van der Waals surface area (Å²) in [5, 5.41) is 2.50. The Balaban J connectivity index is 1.45. The van der Waals surface area contributed by atoms with E-state index in [1.807, 2.05) is 17.3 Å². The molecule has 3 aromatic rings. The first-order chi connectivity index (χ1) is 12.3. The highest BCUT2D eigenvalue weighted by Gasteiger charge is 2.22. The molecule has 1 saturated heterocycles. The topological polar surface area (TPSA) is 61.9 Å². The Bertz CT molecular complexity index is 854. The smallest absolute Gasteiger partial charge is 0.271 e. The quantitative estimate of drug-likeness (QED) is 0.798. The van der Waals surface area contributed by atoms with Crippen LogP contribution in [0.5, 0.6) is 0 Å². The number of aromatic nitrogens is 3. The third-order valence-electron chi connectivity index (χ3n) is 5.12. The van der Waals surface area contributed by atoms with Crippen LogP contribution in [0.4, 0.5) is 0 Å². The predicted molar refractivity (Wildman–Crippen MR) is 97.3 cm³/mol. The molecule has 128 valence electrons. The molecule has 5 heteroatoms. The Morgan fingerprint density at radius 3 is 2.92 bits per heavy atom. The number of imidazole rings is 1. The zero-order valence-electron chi connectivity index (χ0n) is 14.2. The number of amides is 1. The van der Waals surface area contributed by atoms with Crippen molar-refractivity contribution in [3.63, 3.8) is 0 Å². The highest BCUT2D eigenvalue weighted by atomic mass is 16.2. The van der Waals surface area contributed by atoms with Gasteiger partial charge in [0.2, 0.25) is 0 Å². The maximum atomic E-state index is 12.5. The number of nitrogens with zero attached hydrogens (tertiary/aromatic N) is 3. The second-order valence-electron chi connectivity index (χ2n) is 6.78. The van der Waals surface area contributed by atoms with Gasteiger partial charge in [-0.15, -0.1) is 0 Å². The maximum absolute atomic E-state index is 12.5. The highest BCUT2D eigenvalue weighted by molar-refractivity contribution is 5.92. The number of fused-ring (bicyclic) bond motifs is 1. The minimum Gasteiger partial charge on any atom is -0.341 e. The van der Waals surface area contributed by atoms with Crippen molar-refractivity contribution < 1.29 is 4.79 Å². The van der Waals surface area contributed by atoms with Gasteiger partial charge >= 0.3 is 0 Å². The van der Waals surface area contributed by atoms with Crippen LogP contribution in [0.25, 0.3) is 10.8 Å². The molecule has 1 unspecified atom stereocenters. The van der Waals surface area contributed by atoms with Gasteiger partial charge in [-0.2, -0.15) is 0 Å². The van der Waals surface area contributed by atoms with Crippen molar-refractivity contribution in [1.29, 1.82) is 0 Å². The molecule has 1 N–H and O–H groups in total. The normalized spacial score (nSPS) is 18.2. The molecule has 1 aromatic carbocycles. The average Bonchev–Trinajstić information content (AvgIpc) is 3.09. The molecule has 1 atom stereocenters. The lowest BCUT2D eigenvalue weighted by Gasteiger charge is -2.20. The second kappa shape index (κ2) is 7.05. The van der Waals surface area contributed by atoms with E-state index in [9.17, 15) is 4.79 Å². The summed E-state index contributed by atoms with van der Waals surface area (Å²) < 4.78 is 0. The third-order valence-corrected chi connectivity index (χ3v) is 5.12. The first kappa shape index (κ1) is 15.8. The molecule has 0 saturated carbocycles. The molecular weight excluding hydrogens is 312 g/mol. The Morgan fingerprint density at radius 1 is 1.12 bits per heavy atom. The summed E-state index contributed by atoms with van der Waals surface area (Å²) in [7, 11) is 0. The molecule has 4 rings (SSSR count). The van der Waals surface area contributed by atoms with Crippen LogP contribution in [-0.2, 0) is 6.42 Å². The number of likely N-dealkylation sites (tertiary alicyclic amines) is 1. The van der Waals surface area contributed by atoms with Gasteiger partial charge < -0.3 is 9.88 Å². The van der Waals surface area contributed by atoms with Crippen LogP contribution in [0.1, 0.15) is 35.3 Å². The Kier molecular flexibility index (Phi) is 4.46. The van der Waals surface area contributed by atoms with Crippen LogP contribution in [-0.4, -0.2) is 38.8 Å². The Labute approximate surface area is 147 Å². The van der Waals surface area contributed by atoms with Gasteiger partial charge in [0, 0.05) is 30.9 Å². The fourth-order valence-corrected chi connectivity index (χ4v) is 3.77.